The number of aromatic nitrogens is 3. The molecule has 2 aromatic heterocycles. The Hall–Kier alpha value is -2.51. The Morgan fingerprint density at radius 3 is 2.65 bits per heavy atom. The van der Waals surface area contributed by atoms with E-state index in [4.69, 9.17) is 16.9 Å². The molecule has 0 bridgehead atoms. The zero-order valence-electron chi connectivity index (χ0n) is 13.1. The van der Waals surface area contributed by atoms with Crippen molar-refractivity contribution < 1.29 is 0 Å². The molecular weight excluding hydrogens is 308 g/mol. The first kappa shape index (κ1) is 15.4. The van der Waals surface area contributed by atoms with E-state index in [0.717, 1.165) is 23.4 Å². The number of halogens is 1. The molecule has 3 aromatic rings. The van der Waals surface area contributed by atoms with Crippen molar-refractivity contribution in [3.8, 4) is 17.3 Å². The van der Waals surface area contributed by atoms with Crippen molar-refractivity contribution in [1.82, 2.24) is 14.3 Å². The minimum Gasteiger partial charge on any atom is -0.350 e. The van der Waals surface area contributed by atoms with Crippen LogP contribution in [0.25, 0.3) is 11.3 Å². The fourth-order valence-electron chi connectivity index (χ4n) is 2.66. The summed E-state index contributed by atoms with van der Waals surface area (Å²) >= 11 is 6.25. The Bertz CT molecular complexity index is 856. The highest BCUT2D eigenvalue weighted by atomic mass is 35.5. The van der Waals surface area contributed by atoms with Crippen molar-refractivity contribution >= 4 is 11.6 Å². The first-order valence-corrected chi connectivity index (χ1v) is 7.83. The molecule has 1 atom stereocenters. The number of hydrogen-bond donors (Lipinski definition) is 0. The van der Waals surface area contributed by atoms with Crippen LogP contribution in [0.15, 0.2) is 48.9 Å². The van der Waals surface area contributed by atoms with Gasteiger partial charge in [-0.05, 0) is 43.7 Å². The first-order chi connectivity index (χ1) is 11.1. The smallest absolute Gasteiger partial charge is 0.101 e. The Morgan fingerprint density at radius 2 is 1.96 bits per heavy atom. The van der Waals surface area contributed by atoms with Crippen molar-refractivity contribution in [2.45, 2.75) is 26.4 Å². The van der Waals surface area contributed by atoms with Crippen LogP contribution in [0.4, 0.5) is 0 Å². The SMILES string of the molecule is Cc1c(-c2ccn(C[C@H](C)n3cccc3)n2)ccc(C#N)c1Cl. The maximum Gasteiger partial charge on any atom is 0.101 e. The van der Waals surface area contributed by atoms with Gasteiger partial charge in [-0.2, -0.15) is 10.4 Å². The summed E-state index contributed by atoms with van der Waals surface area (Å²) in [7, 11) is 0. The van der Waals surface area contributed by atoms with Gasteiger partial charge in [0.1, 0.15) is 6.07 Å². The van der Waals surface area contributed by atoms with Gasteiger partial charge in [-0.25, -0.2) is 0 Å². The molecular formula is C18H17ClN4. The highest BCUT2D eigenvalue weighted by Gasteiger charge is 2.12. The van der Waals surface area contributed by atoms with E-state index in [1.165, 1.54) is 0 Å². The summed E-state index contributed by atoms with van der Waals surface area (Å²) in [5.74, 6) is 0. The van der Waals surface area contributed by atoms with Gasteiger partial charge in [0.25, 0.3) is 0 Å². The lowest BCUT2D eigenvalue weighted by molar-refractivity contribution is 0.439. The van der Waals surface area contributed by atoms with Gasteiger partial charge in [0, 0.05) is 30.2 Å². The second-order valence-corrected chi connectivity index (χ2v) is 5.99. The molecule has 3 rings (SSSR count). The third kappa shape index (κ3) is 3.01. The molecule has 2 heterocycles. The summed E-state index contributed by atoms with van der Waals surface area (Å²) in [5, 5.41) is 14.2. The Morgan fingerprint density at radius 1 is 1.22 bits per heavy atom. The van der Waals surface area contributed by atoms with Crippen molar-refractivity contribution in [2.24, 2.45) is 0 Å². The normalized spacial score (nSPS) is 12.1. The number of benzene rings is 1. The summed E-state index contributed by atoms with van der Waals surface area (Å²) in [4.78, 5) is 0. The highest BCUT2D eigenvalue weighted by molar-refractivity contribution is 6.32. The fourth-order valence-corrected chi connectivity index (χ4v) is 2.87. The molecule has 0 aliphatic heterocycles. The van der Waals surface area contributed by atoms with Crippen molar-refractivity contribution in [3.63, 3.8) is 0 Å². The molecule has 4 nitrogen and oxygen atoms in total. The summed E-state index contributed by atoms with van der Waals surface area (Å²) in [6.45, 7) is 4.86. The van der Waals surface area contributed by atoms with Crippen LogP contribution in [0.2, 0.25) is 5.02 Å². The van der Waals surface area contributed by atoms with E-state index in [-0.39, 0.29) is 0 Å². The van der Waals surface area contributed by atoms with Gasteiger partial charge in [-0.15, -0.1) is 0 Å². The zero-order chi connectivity index (χ0) is 16.4. The largest absolute Gasteiger partial charge is 0.350 e. The number of nitrogens with zero attached hydrogens (tertiary/aromatic N) is 4. The first-order valence-electron chi connectivity index (χ1n) is 7.45. The van der Waals surface area contributed by atoms with Gasteiger partial charge in [-0.3, -0.25) is 4.68 Å². The summed E-state index contributed by atoms with van der Waals surface area (Å²) < 4.78 is 4.09. The van der Waals surface area contributed by atoms with E-state index in [1.54, 1.807) is 6.07 Å². The molecule has 0 radical (unpaired) electrons. The van der Waals surface area contributed by atoms with E-state index in [0.29, 0.717) is 16.6 Å². The standard InChI is InChI=1S/C18H17ClN4/c1-13(22-8-3-4-9-22)12-23-10-7-17(21-23)16-6-5-15(11-20)18(19)14(16)2/h3-10,13H,12H2,1-2H3/t13-/m0/s1. The monoisotopic (exact) mass is 324 g/mol. The van der Waals surface area contributed by atoms with Gasteiger partial charge >= 0.3 is 0 Å². The van der Waals surface area contributed by atoms with Gasteiger partial charge < -0.3 is 4.57 Å². The third-order valence-electron chi connectivity index (χ3n) is 4.01. The predicted molar refractivity (Wildman–Crippen MR) is 91.3 cm³/mol. The quantitative estimate of drug-likeness (QED) is 0.712. The van der Waals surface area contributed by atoms with Crippen LogP contribution in [0.1, 0.15) is 24.1 Å². The van der Waals surface area contributed by atoms with E-state index < -0.39 is 0 Å². The molecule has 5 heteroatoms. The average Bonchev–Trinajstić information content (AvgIpc) is 3.21. The summed E-state index contributed by atoms with van der Waals surface area (Å²) in [5.41, 5.74) is 3.21. The van der Waals surface area contributed by atoms with Crippen LogP contribution in [-0.4, -0.2) is 14.3 Å². The molecule has 0 saturated heterocycles. The van der Waals surface area contributed by atoms with Crippen molar-refractivity contribution in [2.75, 3.05) is 0 Å². The maximum absolute atomic E-state index is 9.04. The topological polar surface area (TPSA) is 46.5 Å². The molecule has 0 aliphatic rings. The van der Waals surface area contributed by atoms with E-state index in [2.05, 4.69) is 35.1 Å². The number of hydrogen-bond acceptors (Lipinski definition) is 2. The summed E-state index contributed by atoms with van der Waals surface area (Å²) in [6.07, 6.45) is 6.08. The predicted octanol–water partition coefficient (Wildman–Crippen LogP) is 4.45. The lowest BCUT2D eigenvalue weighted by Gasteiger charge is -2.13. The zero-order valence-corrected chi connectivity index (χ0v) is 13.8. The van der Waals surface area contributed by atoms with Gasteiger partial charge in [0.2, 0.25) is 0 Å². The van der Waals surface area contributed by atoms with Crippen molar-refractivity contribution in [3.05, 3.63) is 65.1 Å². The Balaban J connectivity index is 1.85. The molecule has 0 aliphatic carbocycles. The minimum atomic E-state index is 0.323. The van der Waals surface area contributed by atoms with Gasteiger partial charge in [0.15, 0.2) is 0 Å². The molecule has 0 N–H and O–H groups in total. The van der Waals surface area contributed by atoms with Crippen LogP contribution >= 0.6 is 11.6 Å². The molecule has 0 spiro atoms. The molecule has 116 valence electrons. The Kier molecular flexibility index (Phi) is 4.22. The second-order valence-electron chi connectivity index (χ2n) is 5.61. The number of rotatable bonds is 4. The van der Waals surface area contributed by atoms with Crippen molar-refractivity contribution in [1.29, 1.82) is 5.26 Å². The minimum absolute atomic E-state index is 0.323. The lowest BCUT2D eigenvalue weighted by atomic mass is 10.0. The number of nitriles is 1. The second kappa shape index (κ2) is 6.31. The Labute approximate surface area is 140 Å². The van der Waals surface area contributed by atoms with Crippen LogP contribution in [0, 0.1) is 18.3 Å². The molecule has 0 fully saturated rings. The van der Waals surface area contributed by atoms with Crippen LogP contribution in [0.5, 0.6) is 0 Å². The lowest BCUT2D eigenvalue weighted by Crippen LogP contribution is -2.12. The van der Waals surface area contributed by atoms with E-state index in [1.807, 2.05) is 42.1 Å². The molecule has 0 amide bonds. The third-order valence-corrected chi connectivity index (χ3v) is 4.50. The fraction of sp³-hybridized carbons (Fsp3) is 0.222. The van der Waals surface area contributed by atoms with Crippen LogP contribution < -0.4 is 0 Å². The van der Waals surface area contributed by atoms with Crippen LogP contribution in [-0.2, 0) is 6.54 Å². The van der Waals surface area contributed by atoms with Crippen LogP contribution in [0.3, 0.4) is 0 Å². The molecule has 23 heavy (non-hydrogen) atoms. The van der Waals surface area contributed by atoms with E-state index >= 15 is 0 Å². The van der Waals surface area contributed by atoms with Gasteiger partial charge in [0.05, 0.1) is 22.8 Å². The highest BCUT2D eigenvalue weighted by Crippen LogP contribution is 2.30. The molecule has 1 aromatic carbocycles. The maximum atomic E-state index is 9.04. The molecule has 0 unspecified atom stereocenters. The van der Waals surface area contributed by atoms with E-state index in [9.17, 15) is 0 Å². The molecule has 0 saturated carbocycles. The summed E-state index contributed by atoms with van der Waals surface area (Å²) in [6, 6.07) is 12.1. The van der Waals surface area contributed by atoms with Gasteiger partial charge in [-0.1, -0.05) is 17.7 Å². The average molecular weight is 325 g/mol.